The summed E-state index contributed by atoms with van der Waals surface area (Å²) in [5, 5.41) is 4.04. The second kappa shape index (κ2) is 10.8. The maximum atomic E-state index is 13.1. The summed E-state index contributed by atoms with van der Waals surface area (Å²) in [4.78, 5) is 26.6. The molecule has 1 aliphatic rings. The Morgan fingerprint density at radius 1 is 1.11 bits per heavy atom. The molecule has 0 saturated carbocycles. The minimum absolute atomic E-state index is 0.0843. The molecule has 0 radical (unpaired) electrons. The molecule has 0 aliphatic carbocycles. The van der Waals surface area contributed by atoms with Crippen LogP contribution in [0.2, 0.25) is 0 Å². The third kappa shape index (κ3) is 6.03. The van der Waals surface area contributed by atoms with Crippen molar-refractivity contribution in [3.63, 3.8) is 0 Å². The predicted octanol–water partition coefficient (Wildman–Crippen LogP) is 4.22. The van der Waals surface area contributed by atoms with Gasteiger partial charge in [-0.1, -0.05) is 29.8 Å². The van der Waals surface area contributed by atoms with Crippen LogP contribution < -0.4 is 19.8 Å². The molecule has 180 valence electrons. The Bertz CT molecular complexity index is 1230. The summed E-state index contributed by atoms with van der Waals surface area (Å²) in [5.41, 5.74) is 5.94. The van der Waals surface area contributed by atoms with Gasteiger partial charge in [-0.25, -0.2) is 9.82 Å². The number of rotatable bonds is 8. The van der Waals surface area contributed by atoms with E-state index in [4.69, 9.17) is 9.47 Å². The van der Waals surface area contributed by atoms with Crippen LogP contribution in [-0.2, 0) is 16.2 Å². The van der Waals surface area contributed by atoms with E-state index in [1.165, 1.54) is 25.5 Å². The van der Waals surface area contributed by atoms with Crippen LogP contribution in [0.5, 0.6) is 11.5 Å². The van der Waals surface area contributed by atoms with Crippen LogP contribution in [0.15, 0.2) is 71.8 Å². The third-order valence-corrected chi connectivity index (χ3v) is 5.73. The van der Waals surface area contributed by atoms with E-state index in [9.17, 15) is 14.0 Å². The fraction of sp³-hybridized carbons (Fsp3) is 0.222. The molecule has 3 aromatic carbocycles. The molecule has 4 rings (SSSR count). The van der Waals surface area contributed by atoms with Crippen molar-refractivity contribution in [3.8, 4) is 11.5 Å². The molecule has 0 spiro atoms. The molecule has 2 amide bonds. The van der Waals surface area contributed by atoms with Gasteiger partial charge in [-0.2, -0.15) is 5.10 Å². The molecule has 1 N–H and O–H groups in total. The number of amides is 2. The van der Waals surface area contributed by atoms with Crippen molar-refractivity contribution in [1.82, 2.24) is 5.43 Å². The Labute approximate surface area is 203 Å². The monoisotopic (exact) mass is 475 g/mol. The Morgan fingerprint density at radius 2 is 1.86 bits per heavy atom. The van der Waals surface area contributed by atoms with Gasteiger partial charge in [-0.15, -0.1) is 0 Å². The average Bonchev–Trinajstić information content (AvgIpc) is 3.26. The van der Waals surface area contributed by atoms with E-state index < -0.39 is 5.92 Å². The lowest BCUT2D eigenvalue weighted by atomic mass is 10.1. The van der Waals surface area contributed by atoms with E-state index in [0.717, 1.165) is 16.8 Å². The molecular weight excluding hydrogens is 449 g/mol. The number of aryl methyl sites for hydroxylation is 1. The second-order valence-electron chi connectivity index (χ2n) is 8.30. The highest BCUT2D eigenvalue weighted by Gasteiger charge is 2.35. The van der Waals surface area contributed by atoms with Gasteiger partial charge in [0.05, 0.1) is 19.2 Å². The Morgan fingerprint density at radius 3 is 2.57 bits per heavy atom. The van der Waals surface area contributed by atoms with Crippen molar-refractivity contribution in [3.05, 3.63) is 89.2 Å². The number of ether oxygens (including phenoxy) is 2. The van der Waals surface area contributed by atoms with Crippen molar-refractivity contribution in [2.24, 2.45) is 11.0 Å². The van der Waals surface area contributed by atoms with Crippen LogP contribution >= 0.6 is 0 Å². The highest BCUT2D eigenvalue weighted by molar-refractivity contribution is 6.00. The average molecular weight is 476 g/mol. The van der Waals surface area contributed by atoms with Gasteiger partial charge < -0.3 is 14.4 Å². The zero-order valence-electron chi connectivity index (χ0n) is 19.5. The van der Waals surface area contributed by atoms with Gasteiger partial charge in [-0.05, 0) is 60.5 Å². The predicted molar refractivity (Wildman–Crippen MR) is 131 cm³/mol. The second-order valence-corrected chi connectivity index (χ2v) is 8.30. The first-order valence-electron chi connectivity index (χ1n) is 11.2. The van der Waals surface area contributed by atoms with Crippen molar-refractivity contribution in [1.29, 1.82) is 0 Å². The summed E-state index contributed by atoms with van der Waals surface area (Å²) in [7, 11) is 1.53. The molecule has 8 heteroatoms. The van der Waals surface area contributed by atoms with E-state index in [2.05, 4.69) is 10.5 Å². The fourth-order valence-electron chi connectivity index (χ4n) is 3.74. The normalized spacial score (nSPS) is 15.5. The van der Waals surface area contributed by atoms with E-state index >= 15 is 0 Å². The molecule has 1 heterocycles. The standard InChI is InChI=1S/C27H26FN3O4/c1-18-3-10-23(11-4-18)31-16-21(14-26(31)32)27(33)30-29-15-20-7-12-24(25(13-20)34-2)35-17-19-5-8-22(28)9-6-19/h3-13,15,21H,14,16-17H2,1-2H3,(H,30,33)/b29-15+/t21-/m1/s1. The van der Waals surface area contributed by atoms with Crippen LogP contribution in [0.4, 0.5) is 10.1 Å². The third-order valence-electron chi connectivity index (χ3n) is 5.73. The van der Waals surface area contributed by atoms with Crippen LogP contribution in [0.25, 0.3) is 0 Å². The number of carbonyl (C=O) groups excluding carboxylic acids is 2. The van der Waals surface area contributed by atoms with Gasteiger partial charge in [-0.3, -0.25) is 9.59 Å². The lowest BCUT2D eigenvalue weighted by molar-refractivity contribution is -0.126. The molecular formula is C27H26FN3O4. The van der Waals surface area contributed by atoms with Crippen LogP contribution in [0, 0.1) is 18.7 Å². The Hall–Kier alpha value is -4.20. The molecule has 1 aliphatic heterocycles. The fourth-order valence-corrected chi connectivity index (χ4v) is 3.74. The molecule has 7 nitrogen and oxygen atoms in total. The zero-order chi connectivity index (χ0) is 24.8. The van der Waals surface area contributed by atoms with E-state index in [1.54, 1.807) is 35.2 Å². The molecule has 0 aromatic heterocycles. The highest BCUT2D eigenvalue weighted by Crippen LogP contribution is 2.29. The molecule has 3 aromatic rings. The van der Waals surface area contributed by atoms with Crippen molar-refractivity contribution in [2.75, 3.05) is 18.6 Å². The minimum atomic E-state index is -0.474. The number of anilines is 1. The number of benzene rings is 3. The van der Waals surface area contributed by atoms with E-state index in [1.807, 2.05) is 31.2 Å². The van der Waals surface area contributed by atoms with Crippen LogP contribution in [-0.4, -0.2) is 31.7 Å². The summed E-state index contributed by atoms with van der Waals surface area (Å²) >= 11 is 0. The number of nitrogens with zero attached hydrogens (tertiary/aromatic N) is 2. The summed E-state index contributed by atoms with van der Waals surface area (Å²) in [5.74, 6) is -0.145. The summed E-state index contributed by atoms with van der Waals surface area (Å²) in [6.45, 7) is 2.56. The number of methoxy groups -OCH3 is 1. The molecule has 0 bridgehead atoms. The van der Waals surface area contributed by atoms with Crippen molar-refractivity contribution in [2.45, 2.75) is 20.0 Å². The quantitative estimate of drug-likeness (QED) is 0.391. The maximum Gasteiger partial charge on any atom is 0.245 e. The maximum absolute atomic E-state index is 13.1. The van der Waals surface area contributed by atoms with Gasteiger partial charge in [0.1, 0.15) is 12.4 Å². The zero-order valence-corrected chi connectivity index (χ0v) is 19.5. The number of nitrogens with one attached hydrogen (secondary N) is 1. The number of hydrogen-bond acceptors (Lipinski definition) is 5. The number of hydrazone groups is 1. The molecule has 1 fully saturated rings. The minimum Gasteiger partial charge on any atom is -0.493 e. The molecule has 1 saturated heterocycles. The Balaban J connectivity index is 1.33. The van der Waals surface area contributed by atoms with Gasteiger partial charge >= 0.3 is 0 Å². The first-order chi connectivity index (χ1) is 16.9. The Kier molecular flexibility index (Phi) is 7.40. The van der Waals surface area contributed by atoms with Gasteiger partial charge in [0, 0.05) is 18.7 Å². The van der Waals surface area contributed by atoms with Crippen LogP contribution in [0.1, 0.15) is 23.1 Å². The topological polar surface area (TPSA) is 80.2 Å². The largest absolute Gasteiger partial charge is 0.493 e. The molecule has 0 unspecified atom stereocenters. The molecule has 35 heavy (non-hydrogen) atoms. The van der Waals surface area contributed by atoms with E-state index in [-0.39, 0.29) is 30.7 Å². The summed E-state index contributed by atoms with van der Waals surface area (Å²) < 4.78 is 24.2. The summed E-state index contributed by atoms with van der Waals surface area (Å²) in [6, 6.07) is 19.0. The van der Waals surface area contributed by atoms with E-state index in [0.29, 0.717) is 23.6 Å². The van der Waals surface area contributed by atoms with Crippen molar-refractivity contribution >= 4 is 23.7 Å². The van der Waals surface area contributed by atoms with Crippen LogP contribution in [0.3, 0.4) is 0 Å². The number of carbonyl (C=O) groups is 2. The highest BCUT2D eigenvalue weighted by atomic mass is 19.1. The molecule has 1 atom stereocenters. The van der Waals surface area contributed by atoms with Gasteiger partial charge in [0.2, 0.25) is 11.8 Å². The van der Waals surface area contributed by atoms with Crippen molar-refractivity contribution < 1.29 is 23.5 Å². The SMILES string of the molecule is COc1cc(/C=N/NC(=O)[C@@H]2CC(=O)N(c3ccc(C)cc3)C2)ccc1OCc1ccc(F)cc1. The lowest BCUT2D eigenvalue weighted by Gasteiger charge is -2.16. The number of hydrogen-bond donors (Lipinski definition) is 1. The van der Waals surface area contributed by atoms with Gasteiger partial charge in [0.15, 0.2) is 11.5 Å². The number of halogens is 1. The smallest absolute Gasteiger partial charge is 0.245 e. The van der Waals surface area contributed by atoms with Gasteiger partial charge in [0.25, 0.3) is 0 Å². The summed E-state index contributed by atoms with van der Waals surface area (Å²) in [6.07, 6.45) is 1.64. The lowest BCUT2D eigenvalue weighted by Crippen LogP contribution is -2.30. The first kappa shape index (κ1) is 23.9. The first-order valence-corrected chi connectivity index (χ1v) is 11.2.